The van der Waals surface area contributed by atoms with Gasteiger partial charge in [-0.3, -0.25) is 14.9 Å². The number of pyridine rings is 1. The van der Waals surface area contributed by atoms with Crippen LogP contribution in [0.3, 0.4) is 0 Å². The molecule has 0 spiro atoms. The van der Waals surface area contributed by atoms with Crippen molar-refractivity contribution >= 4 is 5.91 Å². The molecule has 1 aliphatic rings. The van der Waals surface area contributed by atoms with Gasteiger partial charge in [-0.15, -0.1) is 0 Å². The number of amides is 1. The van der Waals surface area contributed by atoms with Gasteiger partial charge in [0, 0.05) is 48.4 Å². The van der Waals surface area contributed by atoms with E-state index in [1.54, 1.807) is 18.5 Å². The van der Waals surface area contributed by atoms with E-state index >= 15 is 0 Å². The van der Waals surface area contributed by atoms with Crippen molar-refractivity contribution in [2.24, 2.45) is 0 Å². The van der Waals surface area contributed by atoms with Crippen molar-refractivity contribution < 1.29 is 4.79 Å². The molecule has 0 radical (unpaired) electrons. The summed E-state index contributed by atoms with van der Waals surface area (Å²) in [5, 5.41) is 7.10. The Bertz CT molecular complexity index is 916. The second kappa shape index (κ2) is 6.67. The lowest BCUT2D eigenvalue weighted by atomic mass is 10.1. The van der Waals surface area contributed by atoms with Crippen LogP contribution in [0.15, 0.2) is 36.7 Å². The average molecular weight is 348 g/mol. The smallest absolute Gasteiger partial charge is 0.271 e. The second-order valence-electron chi connectivity index (χ2n) is 6.65. The van der Waals surface area contributed by atoms with Gasteiger partial charge in [0.25, 0.3) is 5.91 Å². The first-order chi connectivity index (χ1) is 12.6. The number of aromatic amines is 1. The van der Waals surface area contributed by atoms with Crippen LogP contribution in [0.5, 0.6) is 0 Å². The standard InChI is InChI=1S/C19H20N6O/c1-12-8-13(2)22-18(21-12)15-5-7-25(11-15)19(26)17-9-16(23-24-17)14-4-3-6-20-10-14/h3-4,6,8-10,15H,5,7,11H2,1-2H3,(H,23,24)/t15-/m1/s1. The molecule has 1 N–H and O–H groups in total. The van der Waals surface area contributed by atoms with E-state index in [9.17, 15) is 4.79 Å². The monoisotopic (exact) mass is 348 g/mol. The Hall–Kier alpha value is -3.09. The third-order valence-electron chi connectivity index (χ3n) is 4.61. The number of rotatable bonds is 3. The zero-order chi connectivity index (χ0) is 18.1. The largest absolute Gasteiger partial charge is 0.337 e. The summed E-state index contributed by atoms with van der Waals surface area (Å²) in [6, 6.07) is 7.51. The molecule has 1 saturated heterocycles. The molecule has 0 bridgehead atoms. The molecule has 1 fully saturated rings. The number of hydrogen-bond acceptors (Lipinski definition) is 5. The van der Waals surface area contributed by atoms with Crippen LogP contribution in [-0.2, 0) is 0 Å². The number of H-pyrrole nitrogens is 1. The van der Waals surface area contributed by atoms with Crippen molar-refractivity contribution in [3.8, 4) is 11.3 Å². The zero-order valence-corrected chi connectivity index (χ0v) is 14.8. The number of carbonyl (C=O) groups excluding carboxylic acids is 1. The second-order valence-corrected chi connectivity index (χ2v) is 6.65. The Morgan fingerprint density at radius 2 is 2.04 bits per heavy atom. The number of hydrogen-bond donors (Lipinski definition) is 1. The highest BCUT2D eigenvalue weighted by atomic mass is 16.2. The van der Waals surface area contributed by atoms with E-state index in [4.69, 9.17) is 0 Å². The average Bonchev–Trinajstić information content (AvgIpc) is 3.31. The Kier molecular flexibility index (Phi) is 4.20. The van der Waals surface area contributed by atoms with Crippen LogP contribution in [0.25, 0.3) is 11.3 Å². The van der Waals surface area contributed by atoms with Crippen LogP contribution in [0.2, 0.25) is 0 Å². The fourth-order valence-corrected chi connectivity index (χ4v) is 3.36. The molecule has 1 aliphatic heterocycles. The maximum absolute atomic E-state index is 12.8. The summed E-state index contributed by atoms with van der Waals surface area (Å²) in [7, 11) is 0. The molecule has 26 heavy (non-hydrogen) atoms. The minimum atomic E-state index is -0.0421. The van der Waals surface area contributed by atoms with Gasteiger partial charge in [0.05, 0.1) is 5.69 Å². The van der Waals surface area contributed by atoms with E-state index < -0.39 is 0 Å². The van der Waals surface area contributed by atoms with E-state index in [0.29, 0.717) is 18.8 Å². The van der Waals surface area contributed by atoms with Crippen molar-refractivity contribution in [2.45, 2.75) is 26.2 Å². The van der Waals surface area contributed by atoms with Crippen LogP contribution in [0.4, 0.5) is 0 Å². The summed E-state index contributed by atoms with van der Waals surface area (Å²) in [5.41, 5.74) is 4.02. The van der Waals surface area contributed by atoms with Gasteiger partial charge in [0.15, 0.2) is 0 Å². The molecule has 3 aromatic heterocycles. The maximum atomic E-state index is 12.8. The fraction of sp³-hybridized carbons (Fsp3) is 0.316. The summed E-state index contributed by atoms with van der Waals surface area (Å²) in [6.07, 6.45) is 4.31. The summed E-state index contributed by atoms with van der Waals surface area (Å²) in [6.45, 7) is 5.27. The predicted molar refractivity (Wildman–Crippen MR) is 96.6 cm³/mol. The molecular formula is C19H20N6O. The van der Waals surface area contributed by atoms with Gasteiger partial charge in [-0.1, -0.05) is 0 Å². The highest BCUT2D eigenvalue weighted by Crippen LogP contribution is 2.26. The summed E-state index contributed by atoms with van der Waals surface area (Å²) in [5.74, 6) is 0.969. The first kappa shape index (κ1) is 16.4. The Labute approximate surface area is 151 Å². The number of likely N-dealkylation sites (tertiary alicyclic amines) is 1. The molecule has 0 unspecified atom stereocenters. The molecule has 1 atom stereocenters. The fourth-order valence-electron chi connectivity index (χ4n) is 3.36. The van der Waals surface area contributed by atoms with Gasteiger partial charge in [-0.25, -0.2) is 9.97 Å². The molecule has 4 heterocycles. The minimum Gasteiger partial charge on any atom is -0.337 e. The molecule has 0 saturated carbocycles. The molecule has 7 heteroatoms. The third kappa shape index (κ3) is 3.20. The third-order valence-corrected chi connectivity index (χ3v) is 4.61. The summed E-state index contributed by atoms with van der Waals surface area (Å²) >= 11 is 0. The first-order valence-corrected chi connectivity index (χ1v) is 8.67. The van der Waals surface area contributed by atoms with Crippen LogP contribution in [0.1, 0.15) is 40.0 Å². The molecule has 3 aromatic rings. The lowest BCUT2D eigenvalue weighted by Gasteiger charge is -2.15. The highest BCUT2D eigenvalue weighted by Gasteiger charge is 2.30. The van der Waals surface area contributed by atoms with Crippen molar-refractivity contribution in [2.75, 3.05) is 13.1 Å². The molecular weight excluding hydrogens is 328 g/mol. The van der Waals surface area contributed by atoms with Crippen LogP contribution in [-0.4, -0.2) is 49.0 Å². The van der Waals surface area contributed by atoms with Crippen LogP contribution in [0, 0.1) is 13.8 Å². The SMILES string of the molecule is Cc1cc(C)nc([C@@H]2CCN(C(=O)c3cc(-c4cccnc4)n[nH]3)C2)n1. The maximum Gasteiger partial charge on any atom is 0.271 e. The molecule has 1 amide bonds. The minimum absolute atomic E-state index is 0.0421. The number of aromatic nitrogens is 5. The number of aryl methyl sites for hydroxylation is 2. The van der Waals surface area contributed by atoms with Gasteiger partial charge >= 0.3 is 0 Å². The lowest BCUT2D eigenvalue weighted by molar-refractivity contribution is 0.0784. The van der Waals surface area contributed by atoms with Gasteiger partial charge in [-0.2, -0.15) is 5.10 Å². The van der Waals surface area contributed by atoms with E-state index in [0.717, 1.165) is 34.9 Å². The normalized spacial score (nSPS) is 16.8. The molecule has 0 aromatic carbocycles. The van der Waals surface area contributed by atoms with E-state index in [1.165, 1.54) is 0 Å². The number of nitrogens with one attached hydrogen (secondary N) is 1. The van der Waals surface area contributed by atoms with E-state index in [1.807, 2.05) is 36.9 Å². The van der Waals surface area contributed by atoms with Gasteiger partial charge in [0.2, 0.25) is 0 Å². The predicted octanol–water partition coefficient (Wildman–Crippen LogP) is 2.51. The number of nitrogens with zero attached hydrogens (tertiary/aromatic N) is 5. The molecule has 0 aliphatic carbocycles. The molecule has 7 nitrogen and oxygen atoms in total. The van der Waals surface area contributed by atoms with Gasteiger partial charge in [0.1, 0.15) is 11.5 Å². The summed E-state index contributed by atoms with van der Waals surface area (Å²) < 4.78 is 0. The Balaban J connectivity index is 1.49. The van der Waals surface area contributed by atoms with Crippen molar-refractivity contribution in [1.82, 2.24) is 30.0 Å². The highest BCUT2D eigenvalue weighted by molar-refractivity contribution is 5.93. The Morgan fingerprint density at radius 1 is 1.23 bits per heavy atom. The zero-order valence-electron chi connectivity index (χ0n) is 14.8. The van der Waals surface area contributed by atoms with Crippen LogP contribution >= 0.6 is 0 Å². The van der Waals surface area contributed by atoms with Crippen molar-refractivity contribution in [1.29, 1.82) is 0 Å². The Morgan fingerprint density at radius 3 is 2.77 bits per heavy atom. The molecule has 132 valence electrons. The first-order valence-electron chi connectivity index (χ1n) is 8.67. The van der Waals surface area contributed by atoms with Crippen molar-refractivity contribution in [3.63, 3.8) is 0 Å². The lowest BCUT2D eigenvalue weighted by Crippen LogP contribution is -2.29. The number of carbonyl (C=O) groups is 1. The van der Waals surface area contributed by atoms with E-state index in [2.05, 4.69) is 25.1 Å². The topological polar surface area (TPSA) is 87.7 Å². The van der Waals surface area contributed by atoms with Crippen LogP contribution < -0.4 is 0 Å². The van der Waals surface area contributed by atoms with Gasteiger partial charge < -0.3 is 4.90 Å². The van der Waals surface area contributed by atoms with E-state index in [-0.39, 0.29) is 11.8 Å². The summed E-state index contributed by atoms with van der Waals surface area (Å²) in [4.78, 5) is 27.8. The van der Waals surface area contributed by atoms with Crippen molar-refractivity contribution in [3.05, 3.63) is 59.6 Å². The van der Waals surface area contributed by atoms with Gasteiger partial charge in [-0.05, 0) is 44.5 Å². The molecule has 4 rings (SSSR count). The quantitative estimate of drug-likeness (QED) is 0.786.